The van der Waals surface area contributed by atoms with Gasteiger partial charge in [-0.2, -0.15) is 0 Å². The second kappa shape index (κ2) is 5.21. The summed E-state index contributed by atoms with van der Waals surface area (Å²) in [6.45, 7) is 4.20. The molecule has 1 heterocycles. The van der Waals surface area contributed by atoms with E-state index in [1.165, 1.54) is 11.1 Å². The molecule has 1 N–H and O–H groups in total. The summed E-state index contributed by atoms with van der Waals surface area (Å²) in [6, 6.07) is 12.2. The average Bonchev–Trinajstić information content (AvgIpc) is 2.43. The molecular formula is C16H14BrN3. The summed E-state index contributed by atoms with van der Waals surface area (Å²) >= 11 is 3.54. The van der Waals surface area contributed by atoms with Gasteiger partial charge in [-0.25, -0.2) is 9.97 Å². The van der Waals surface area contributed by atoms with E-state index < -0.39 is 0 Å². The van der Waals surface area contributed by atoms with Crippen LogP contribution in [0.3, 0.4) is 0 Å². The standard InChI is InChI=1S/C16H14BrN3/c1-10-7-12-15(8-11(10)2)18-9-19-16(12)20-14-6-4-3-5-13(14)17/h3-9H,1-2H3,(H,18,19,20). The van der Waals surface area contributed by atoms with E-state index in [1.54, 1.807) is 6.33 Å². The molecule has 3 nitrogen and oxygen atoms in total. The molecule has 20 heavy (non-hydrogen) atoms. The summed E-state index contributed by atoms with van der Waals surface area (Å²) in [5.74, 6) is 0.824. The van der Waals surface area contributed by atoms with Crippen LogP contribution in [0.25, 0.3) is 10.9 Å². The van der Waals surface area contributed by atoms with Gasteiger partial charge in [0.1, 0.15) is 12.1 Å². The maximum atomic E-state index is 4.37. The molecule has 0 aliphatic carbocycles. The van der Waals surface area contributed by atoms with Gasteiger partial charge in [0.15, 0.2) is 0 Å². The smallest absolute Gasteiger partial charge is 0.141 e. The summed E-state index contributed by atoms with van der Waals surface area (Å²) in [5, 5.41) is 4.40. The van der Waals surface area contributed by atoms with Crippen molar-refractivity contribution < 1.29 is 0 Å². The average molecular weight is 328 g/mol. The number of fused-ring (bicyclic) bond motifs is 1. The van der Waals surface area contributed by atoms with E-state index >= 15 is 0 Å². The molecule has 0 bridgehead atoms. The Balaban J connectivity index is 2.12. The van der Waals surface area contributed by atoms with Crippen molar-refractivity contribution in [1.82, 2.24) is 9.97 Å². The molecule has 0 aliphatic rings. The van der Waals surface area contributed by atoms with Crippen LogP contribution in [0, 0.1) is 13.8 Å². The van der Waals surface area contributed by atoms with Crippen LogP contribution in [0.2, 0.25) is 0 Å². The maximum absolute atomic E-state index is 4.37. The molecule has 100 valence electrons. The highest BCUT2D eigenvalue weighted by atomic mass is 79.9. The molecule has 0 fully saturated rings. The Morgan fingerprint density at radius 2 is 1.75 bits per heavy atom. The number of nitrogens with zero attached hydrogens (tertiary/aromatic N) is 2. The molecule has 0 spiro atoms. The lowest BCUT2D eigenvalue weighted by atomic mass is 10.1. The first-order chi connectivity index (χ1) is 9.65. The minimum Gasteiger partial charge on any atom is -0.339 e. The van der Waals surface area contributed by atoms with Crippen molar-refractivity contribution in [2.45, 2.75) is 13.8 Å². The molecule has 1 aromatic heterocycles. The number of nitrogens with one attached hydrogen (secondary N) is 1. The van der Waals surface area contributed by atoms with Crippen molar-refractivity contribution in [3.05, 3.63) is 58.3 Å². The lowest BCUT2D eigenvalue weighted by molar-refractivity contribution is 1.21. The Bertz CT molecular complexity index is 784. The molecule has 0 atom stereocenters. The Morgan fingerprint density at radius 3 is 2.55 bits per heavy atom. The van der Waals surface area contributed by atoms with Crippen molar-refractivity contribution in [1.29, 1.82) is 0 Å². The normalized spacial score (nSPS) is 10.8. The zero-order valence-corrected chi connectivity index (χ0v) is 12.9. The highest BCUT2D eigenvalue weighted by Gasteiger charge is 2.07. The predicted molar refractivity (Wildman–Crippen MR) is 86.4 cm³/mol. The molecule has 0 saturated carbocycles. The van der Waals surface area contributed by atoms with Gasteiger partial charge < -0.3 is 5.32 Å². The topological polar surface area (TPSA) is 37.8 Å². The fourth-order valence-electron chi connectivity index (χ4n) is 2.11. The Labute approximate surface area is 126 Å². The summed E-state index contributed by atoms with van der Waals surface area (Å²) in [7, 11) is 0. The lowest BCUT2D eigenvalue weighted by Crippen LogP contribution is -1.97. The monoisotopic (exact) mass is 327 g/mol. The third kappa shape index (κ3) is 2.39. The first-order valence-corrected chi connectivity index (χ1v) is 7.18. The number of aryl methyl sites for hydroxylation is 2. The first kappa shape index (κ1) is 13.1. The van der Waals surface area contributed by atoms with Gasteiger partial charge in [-0.05, 0) is 65.2 Å². The number of anilines is 2. The van der Waals surface area contributed by atoms with Gasteiger partial charge in [-0.15, -0.1) is 0 Å². The second-order valence-electron chi connectivity index (χ2n) is 4.78. The minimum absolute atomic E-state index is 0.824. The minimum atomic E-state index is 0.824. The molecular weight excluding hydrogens is 314 g/mol. The van der Waals surface area contributed by atoms with Crippen molar-refractivity contribution in [3.8, 4) is 0 Å². The number of para-hydroxylation sites is 1. The third-order valence-corrected chi connectivity index (χ3v) is 4.07. The van der Waals surface area contributed by atoms with Gasteiger partial charge in [0.05, 0.1) is 11.2 Å². The van der Waals surface area contributed by atoms with Gasteiger partial charge in [0, 0.05) is 9.86 Å². The second-order valence-corrected chi connectivity index (χ2v) is 5.64. The molecule has 3 aromatic rings. The van der Waals surface area contributed by atoms with Gasteiger partial charge in [0.2, 0.25) is 0 Å². The summed E-state index contributed by atoms with van der Waals surface area (Å²) in [4.78, 5) is 8.72. The van der Waals surface area contributed by atoms with Gasteiger partial charge in [-0.3, -0.25) is 0 Å². The highest BCUT2D eigenvalue weighted by Crippen LogP contribution is 2.29. The van der Waals surface area contributed by atoms with Crippen LogP contribution in [0.4, 0.5) is 11.5 Å². The Morgan fingerprint density at radius 1 is 1.00 bits per heavy atom. The number of hydrogen-bond acceptors (Lipinski definition) is 3. The molecule has 0 unspecified atom stereocenters. The van der Waals surface area contributed by atoms with E-state index in [9.17, 15) is 0 Å². The highest BCUT2D eigenvalue weighted by molar-refractivity contribution is 9.10. The molecule has 0 radical (unpaired) electrons. The largest absolute Gasteiger partial charge is 0.339 e. The van der Waals surface area contributed by atoms with Crippen molar-refractivity contribution in [3.63, 3.8) is 0 Å². The first-order valence-electron chi connectivity index (χ1n) is 6.38. The van der Waals surface area contributed by atoms with E-state index in [0.717, 1.165) is 26.9 Å². The van der Waals surface area contributed by atoms with E-state index in [2.05, 4.69) is 57.2 Å². The Kier molecular flexibility index (Phi) is 3.40. The van der Waals surface area contributed by atoms with Gasteiger partial charge in [-0.1, -0.05) is 12.1 Å². The summed E-state index contributed by atoms with van der Waals surface area (Å²) < 4.78 is 1.01. The van der Waals surface area contributed by atoms with Crippen LogP contribution in [0.5, 0.6) is 0 Å². The fraction of sp³-hybridized carbons (Fsp3) is 0.125. The number of benzene rings is 2. The van der Waals surface area contributed by atoms with E-state index in [-0.39, 0.29) is 0 Å². The van der Waals surface area contributed by atoms with E-state index in [0.29, 0.717) is 0 Å². The number of rotatable bonds is 2. The van der Waals surface area contributed by atoms with Crippen LogP contribution in [0.1, 0.15) is 11.1 Å². The number of aromatic nitrogens is 2. The van der Waals surface area contributed by atoms with Gasteiger partial charge >= 0.3 is 0 Å². The van der Waals surface area contributed by atoms with Crippen molar-refractivity contribution in [2.24, 2.45) is 0 Å². The van der Waals surface area contributed by atoms with Crippen LogP contribution in [-0.4, -0.2) is 9.97 Å². The van der Waals surface area contributed by atoms with Gasteiger partial charge in [0.25, 0.3) is 0 Å². The number of halogens is 1. The predicted octanol–water partition coefficient (Wildman–Crippen LogP) is 4.75. The SMILES string of the molecule is Cc1cc2ncnc(Nc3ccccc3Br)c2cc1C. The van der Waals surface area contributed by atoms with Crippen LogP contribution < -0.4 is 5.32 Å². The third-order valence-electron chi connectivity index (χ3n) is 3.38. The lowest BCUT2D eigenvalue weighted by Gasteiger charge is -2.11. The van der Waals surface area contributed by atoms with Crippen LogP contribution >= 0.6 is 15.9 Å². The maximum Gasteiger partial charge on any atom is 0.141 e. The van der Waals surface area contributed by atoms with Crippen LogP contribution in [-0.2, 0) is 0 Å². The van der Waals surface area contributed by atoms with E-state index in [4.69, 9.17) is 0 Å². The molecule has 4 heteroatoms. The fourth-order valence-corrected chi connectivity index (χ4v) is 2.49. The zero-order valence-electron chi connectivity index (χ0n) is 11.3. The molecule has 2 aromatic carbocycles. The summed E-state index contributed by atoms with van der Waals surface area (Å²) in [6.07, 6.45) is 1.59. The van der Waals surface area contributed by atoms with Crippen molar-refractivity contribution in [2.75, 3.05) is 5.32 Å². The number of hydrogen-bond donors (Lipinski definition) is 1. The van der Waals surface area contributed by atoms with Crippen LogP contribution in [0.15, 0.2) is 47.2 Å². The Hall–Kier alpha value is -1.94. The molecule has 0 saturated heterocycles. The molecule has 0 amide bonds. The quantitative estimate of drug-likeness (QED) is 0.737. The summed E-state index contributed by atoms with van der Waals surface area (Å²) in [5.41, 5.74) is 4.42. The van der Waals surface area contributed by atoms with Crippen molar-refractivity contribution >= 4 is 38.3 Å². The molecule has 0 aliphatic heterocycles. The van der Waals surface area contributed by atoms with E-state index in [1.807, 2.05) is 24.3 Å². The molecule has 3 rings (SSSR count). The zero-order chi connectivity index (χ0) is 14.1.